The number of rotatable bonds is 6. The number of nitrogens with two attached hydrogens (primary N) is 1. The maximum atomic E-state index is 12.5. The van der Waals surface area contributed by atoms with E-state index in [1.165, 1.54) is 0 Å². The molecule has 1 amide bonds. The van der Waals surface area contributed by atoms with Gasteiger partial charge in [0.2, 0.25) is 0 Å². The molecule has 0 radical (unpaired) electrons. The van der Waals surface area contributed by atoms with Crippen LogP contribution in [-0.2, 0) is 16.1 Å². The van der Waals surface area contributed by atoms with E-state index in [9.17, 15) is 4.79 Å². The lowest BCUT2D eigenvalue weighted by Gasteiger charge is -2.16. The summed E-state index contributed by atoms with van der Waals surface area (Å²) >= 11 is 6.10. The Morgan fingerprint density at radius 3 is 2.52 bits per heavy atom. The van der Waals surface area contributed by atoms with E-state index in [-0.39, 0.29) is 36.8 Å². The third-order valence-corrected chi connectivity index (χ3v) is 4.46. The van der Waals surface area contributed by atoms with Crippen LogP contribution in [0.2, 0.25) is 5.02 Å². The van der Waals surface area contributed by atoms with Crippen LogP contribution < -0.4 is 16.4 Å². The highest BCUT2D eigenvalue weighted by molar-refractivity contribution is 6.31. The number of hydrogen-bond donors (Lipinski definition) is 3. The Bertz CT molecular complexity index is 731. The smallest absolute Gasteiger partial charge is 0.253 e. The summed E-state index contributed by atoms with van der Waals surface area (Å²) in [7, 11) is 0. The Kier molecular flexibility index (Phi) is 9.91. The van der Waals surface area contributed by atoms with Crippen LogP contribution in [0.3, 0.4) is 0 Å². The van der Waals surface area contributed by atoms with Crippen molar-refractivity contribution in [2.45, 2.75) is 31.6 Å². The van der Waals surface area contributed by atoms with E-state index in [1.54, 1.807) is 12.1 Å². The van der Waals surface area contributed by atoms with Gasteiger partial charge in [-0.25, -0.2) is 0 Å². The lowest BCUT2D eigenvalue weighted by molar-refractivity contribution is -0.126. The molecule has 148 valence electrons. The molecule has 2 aromatic carbocycles. The first-order valence-corrected chi connectivity index (χ1v) is 8.77. The molecule has 0 saturated carbocycles. The number of nitrogens with one attached hydrogen (secondary N) is 2. The van der Waals surface area contributed by atoms with Gasteiger partial charge in [0, 0.05) is 18.1 Å². The zero-order valence-corrected chi connectivity index (χ0v) is 17.1. The average Bonchev–Trinajstić information content (AvgIpc) is 3.11. The van der Waals surface area contributed by atoms with Gasteiger partial charge in [0.05, 0.1) is 17.5 Å². The fourth-order valence-corrected chi connectivity index (χ4v) is 3.02. The molecule has 27 heavy (non-hydrogen) atoms. The number of carbonyl (C=O) groups excluding carboxylic acids is 1. The van der Waals surface area contributed by atoms with E-state index in [1.807, 2.05) is 36.4 Å². The predicted molar refractivity (Wildman–Crippen MR) is 115 cm³/mol. The number of anilines is 2. The first kappa shape index (κ1) is 23.5. The summed E-state index contributed by atoms with van der Waals surface area (Å²) in [4.78, 5) is 12.5. The predicted octanol–water partition coefficient (Wildman–Crippen LogP) is 4.24. The van der Waals surface area contributed by atoms with Crippen LogP contribution in [0.1, 0.15) is 18.4 Å². The summed E-state index contributed by atoms with van der Waals surface area (Å²) in [5.74, 6) is -0.166. The first-order valence-electron chi connectivity index (χ1n) is 8.39. The molecular weight excluding hydrogens is 409 g/mol. The van der Waals surface area contributed by atoms with Gasteiger partial charge in [-0.05, 0) is 36.6 Å². The summed E-state index contributed by atoms with van der Waals surface area (Å²) in [5.41, 5.74) is 8.22. The lowest BCUT2D eigenvalue weighted by atomic mass is 10.1. The summed E-state index contributed by atoms with van der Waals surface area (Å²) in [6.45, 7) is 1.09. The zero-order valence-electron chi connectivity index (χ0n) is 14.7. The summed E-state index contributed by atoms with van der Waals surface area (Å²) in [5, 5.41) is 6.82. The number of benzene rings is 2. The van der Waals surface area contributed by atoms with Gasteiger partial charge in [-0.1, -0.05) is 41.9 Å². The molecule has 0 aromatic heterocycles. The topological polar surface area (TPSA) is 76.4 Å². The minimum absolute atomic E-state index is 0. The fourth-order valence-electron chi connectivity index (χ4n) is 2.85. The number of carbonyl (C=O) groups is 1. The highest BCUT2D eigenvalue weighted by Gasteiger charge is 2.30. The molecule has 0 spiro atoms. The minimum atomic E-state index is -0.463. The van der Waals surface area contributed by atoms with E-state index < -0.39 is 6.10 Å². The first-order chi connectivity index (χ1) is 12.2. The summed E-state index contributed by atoms with van der Waals surface area (Å²) < 4.78 is 5.65. The zero-order chi connectivity index (χ0) is 17.6. The number of hydrogen-bond acceptors (Lipinski definition) is 4. The van der Waals surface area contributed by atoms with Crippen molar-refractivity contribution in [3.8, 4) is 0 Å². The molecule has 1 saturated heterocycles. The molecule has 8 heteroatoms. The molecule has 0 aliphatic carbocycles. The van der Waals surface area contributed by atoms with Crippen LogP contribution in [-0.4, -0.2) is 24.7 Å². The number of halogens is 3. The van der Waals surface area contributed by atoms with Gasteiger partial charge in [0.1, 0.15) is 6.10 Å². The van der Waals surface area contributed by atoms with E-state index in [0.29, 0.717) is 30.2 Å². The monoisotopic (exact) mass is 431 g/mol. The second-order valence-electron chi connectivity index (χ2n) is 6.08. The van der Waals surface area contributed by atoms with Crippen molar-refractivity contribution in [1.29, 1.82) is 0 Å². The Morgan fingerprint density at radius 1 is 1.11 bits per heavy atom. The van der Waals surface area contributed by atoms with Gasteiger partial charge >= 0.3 is 0 Å². The fraction of sp³-hybridized carbons (Fsp3) is 0.316. The second-order valence-corrected chi connectivity index (χ2v) is 6.51. The molecule has 0 unspecified atom stereocenters. The molecule has 2 aromatic rings. The van der Waals surface area contributed by atoms with Gasteiger partial charge in [0.25, 0.3) is 5.91 Å². The Balaban J connectivity index is 0.00000182. The molecule has 4 N–H and O–H groups in total. The molecule has 1 aliphatic rings. The highest BCUT2D eigenvalue weighted by atomic mass is 35.5. The van der Waals surface area contributed by atoms with Gasteiger partial charge in [0.15, 0.2) is 0 Å². The van der Waals surface area contributed by atoms with Crippen LogP contribution in [0, 0.1) is 0 Å². The Labute approximate surface area is 176 Å². The van der Waals surface area contributed by atoms with E-state index >= 15 is 0 Å². The normalized spacial score (nSPS) is 18.1. The molecule has 1 aliphatic heterocycles. The third kappa shape index (κ3) is 6.55. The maximum absolute atomic E-state index is 12.5. The van der Waals surface area contributed by atoms with Gasteiger partial charge in [-0.3, -0.25) is 4.79 Å². The van der Waals surface area contributed by atoms with Gasteiger partial charge in [-0.15, -0.1) is 24.8 Å². The largest absolute Gasteiger partial charge is 0.379 e. The maximum Gasteiger partial charge on any atom is 0.253 e. The molecular formula is C19H24Cl3N3O2. The average molecular weight is 433 g/mol. The van der Waals surface area contributed by atoms with Crippen LogP contribution in [0.4, 0.5) is 11.4 Å². The van der Waals surface area contributed by atoms with Crippen molar-refractivity contribution in [3.63, 3.8) is 0 Å². The molecule has 3 rings (SSSR count). The third-order valence-electron chi connectivity index (χ3n) is 4.23. The number of ether oxygens (including phenoxy) is 1. The second kappa shape index (κ2) is 11.4. The van der Waals surface area contributed by atoms with Crippen molar-refractivity contribution in [2.24, 2.45) is 5.73 Å². The van der Waals surface area contributed by atoms with Gasteiger partial charge in [-0.2, -0.15) is 0 Å². The highest BCUT2D eigenvalue weighted by Crippen LogP contribution is 2.28. The molecule has 5 nitrogen and oxygen atoms in total. The summed E-state index contributed by atoms with van der Waals surface area (Å²) in [6.07, 6.45) is 0.991. The molecule has 2 atom stereocenters. The molecule has 0 bridgehead atoms. The number of amides is 1. The van der Waals surface area contributed by atoms with Crippen LogP contribution in [0.25, 0.3) is 0 Å². The van der Waals surface area contributed by atoms with Crippen LogP contribution in [0.15, 0.2) is 48.5 Å². The van der Waals surface area contributed by atoms with Gasteiger partial charge < -0.3 is 21.1 Å². The Hall–Kier alpha value is -1.50. The molecule has 1 heterocycles. The van der Waals surface area contributed by atoms with Crippen molar-refractivity contribution >= 4 is 53.7 Å². The quantitative estimate of drug-likeness (QED) is 0.638. The standard InChI is InChI=1S/C19H22ClN3O2.2ClH/c20-14-6-8-16(22-12-13-4-2-1-3-5-13)17(10-14)23-19(24)18-9-7-15(11-21)25-18;;/h1-6,8,10,15,18,22H,7,9,11-12,21H2,(H,23,24);2*1H/t15-,18+;;/m1../s1. The van der Waals surface area contributed by atoms with Crippen LogP contribution >= 0.6 is 36.4 Å². The summed E-state index contributed by atoms with van der Waals surface area (Å²) in [6, 6.07) is 15.4. The Morgan fingerprint density at radius 2 is 1.85 bits per heavy atom. The van der Waals surface area contributed by atoms with Crippen molar-refractivity contribution < 1.29 is 9.53 Å². The van der Waals surface area contributed by atoms with E-state index in [2.05, 4.69) is 10.6 Å². The van der Waals surface area contributed by atoms with E-state index in [0.717, 1.165) is 17.7 Å². The minimum Gasteiger partial charge on any atom is -0.379 e. The lowest BCUT2D eigenvalue weighted by Crippen LogP contribution is -2.30. The van der Waals surface area contributed by atoms with Crippen molar-refractivity contribution in [2.75, 3.05) is 17.2 Å². The van der Waals surface area contributed by atoms with Crippen molar-refractivity contribution in [1.82, 2.24) is 0 Å². The SMILES string of the molecule is Cl.Cl.NC[C@H]1CC[C@@H](C(=O)Nc2cc(Cl)ccc2NCc2ccccc2)O1. The molecule has 1 fully saturated rings. The van der Waals surface area contributed by atoms with Crippen LogP contribution in [0.5, 0.6) is 0 Å². The van der Waals surface area contributed by atoms with E-state index in [4.69, 9.17) is 22.1 Å². The van der Waals surface area contributed by atoms with Crippen molar-refractivity contribution in [3.05, 3.63) is 59.1 Å².